The molecule has 0 aliphatic carbocycles. The molecule has 15 heavy (non-hydrogen) atoms. The standard InChI is InChI=1S/C11H15NO3/c1-12(2)9-6-5-8(7-13)10(14-3)11(9)15-4/h5-7H,1-4H3. The first-order valence-corrected chi connectivity index (χ1v) is 4.53. The van der Waals surface area contributed by atoms with Crippen molar-refractivity contribution in [2.75, 3.05) is 33.2 Å². The van der Waals surface area contributed by atoms with Crippen molar-refractivity contribution in [2.24, 2.45) is 0 Å². The topological polar surface area (TPSA) is 38.8 Å². The van der Waals surface area contributed by atoms with Gasteiger partial charge in [-0.15, -0.1) is 0 Å². The number of benzene rings is 1. The zero-order chi connectivity index (χ0) is 11.4. The molecular formula is C11H15NO3. The number of rotatable bonds is 4. The summed E-state index contributed by atoms with van der Waals surface area (Å²) in [5.74, 6) is 1.05. The fraction of sp³-hybridized carbons (Fsp3) is 0.364. The molecule has 0 saturated heterocycles. The zero-order valence-electron chi connectivity index (χ0n) is 9.40. The first-order chi connectivity index (χ1) is 7.15. The summed E-state index contributed by atoms with van der Waals surface area (Å²) in [6.45, 7) is 0. The third-order valence-corrected chi connectivity index (χ3v) is 2.14. The van der Waals surface area contributed by atoms with Crippen molar-refractivity contribution in [1.29, 1.82) is 0 Å². The van der Waals surface area contributed by atoms with Gasteiger partial charge in [-0.25, -0.2) is 0 Å². The van der Waals surface area contributed by atoms with Crippen molar-refractivity contribution in [1.82, 2.24) is 0 Å². The van der Waals surface area contributed by atoms with Crippen LogP contribution in [0.4, 0.5) is 5.69 Å². The minimum Gasteiger partial charge on any atom is -0.492 e. The zero-order valence-corrected chi connectivity index (χ0v) is 9.40. The molecule has 1 aromatic rings. The van der Waals surface area contributed by atoms with Crippen LogP contribution in [0.25, 0.3) is 0 Å². The van der Waals surface area contributed by atoms with Gasteiger partial charge in [0, 0.05) is 14.1 Å². The maximum atomic E-state index is 10.8. The van der Waals surface area contributed by atoms with Crippen LogP contribution in [0, 0.1) is 0 Å². The van der Waals surface area contributed by atoms with Gasteiger partial charge < -0.3 is 14.4 Å². The van der Waals surface area contributed by atoms with Crippen molar-refractivity contribution in [3.8, 4) is 11.5 Å². The Hall–Kier alpha value is -1.71. The van der Waals surface area contributed by atoms with Crippen LogP contribution in [0.5, 0.6) is 11.5 Å². The lowest BCUT2D eigenvalue weighted by Crippen LogP contribution is -2.11. The van der Waals surface area contributed by atoms with Gasteiger partial charge in [0.25, 0.3) is 0 Å². The molecule has 1 rings (SSSR count). The third kappa shape index (κ3) is 2.03. The molecule has 4 heteroatoms. The van der Waals surface area contributed by atoms with E-state index in [0.29, 0.717) is 17.1 Å². The average molecular weight is 209 g/mol. The lowest BCUT2D eigenvalue weighted by Gasteiger charge is -2.19. The largest absolute Gasteiger partial charge is 0.492 e. The van der Waals surface area contributed by atoms with Gasteiger partial charge in [-0.3, -0.25) is 4.79 Å². The Bertz CT molecular complexity index is 361. The number of ether oxygens (including phenoxy) is 2. The van der Waals surface area contributed by atoms with E-state index in [9.17, 15) is 4.79 Å². The minimum atomic E-state index is 0.471. The van der Waals surface area contributed by atoms with Gasteiger partial charge in [-0.2, -0.15) is 0 Å². The smallest absolute Gasteiger partial charge is 0.184 e. The second-order valence-corrected chi connectivity index (χ2v) is 3.25. The van der Waals surface area contributed by atoms with Gasteiger partial charge in [-0.1, -0.05) is 0 Å². The summed E-state index contributed by atoms with van der Waals surface area (Å²) in [5.41, 5.74) is 1.36. The summed E-state index contributed by atoms with van der Waals surface area (Å²) >= 11 is 0. The van der Waals surface area contributed by atoms with Crippen molar-refractivity contribution in [2.45, 2.75) is 0 Å². The summed E-state index contributed by atoms with van der Waals surface area (Å²) in [5, 5.41) is 0. The average Bonchev–Trinajstić information content (AvgIpc) is 2.26. The lowest BCUT2D eigenvalue weighted by molar-refractivity contribution is 0.112. The molecule has 0 heterocycles. The molecule has 0 aliphatic heterocycles. The predicted octanol–water partition coefficient (Wildman–Crippen LogP) is 1.58. The summed E-state index contributed by atoms with van der Waals surface area (Å²) in [7, 11) is 6.87. The van der Waals surface area contributed by atoms with Gasteiger partial charge in [0.2, 0.25) is 0 Å². The maximum absolute atomic E-state index is 10.8. The minimum absolute atomic E-state index is 0.471. The van der Waals surface area contributed by atoms with Crippen LogP contribution >= 0.6 is 0 Å². The Kier molecular flexibility index (Phi) is 3.55. The van der Waals surface area contributed by atoms with Crippen LogP contribution in [0.1, 0.15) is 10.4 Å². The predicted molar refractivity (Wildman–Crippen MR) is 59.3 cm³/mol. The highest BCUT2D eigenvalue weighted by molar-refractivity contribution is 5.84. The molecule has 4 nitrogen and oxygen atoms in total. The van der Waals surface area contributed by atoms with E-state index in [2.05, 4.69) is 0 Å². The number of nitrogens with zero attached hydrogens (tertiary/aromatic N) is 1. The van der Waals surface area contributed by atoms with Gasteiger partial charge >= 0.3 is 0 Å². The van der Waals surface area contributed by atoms with Gasteiger partial charge in [-0.05, 0) is 12.1 Å². The van der Waals surface area contributed by atoms with Gasteiger partial charge in [0.1, 0.15) is 0 Å². The first kappa shape index (κ1) is 11.4. The summed E-state index contributed by atoms with van der Waals surface area (Å²) in [4.78, 5) is 12.7. The second-order valence-electron chi connectivity index (χ2n) is 3.25. The van der Waals surface area contributed by atoms with E-state index in [-0.39, 0.29) is 0 Å². The van der Waals surface area contributed by atoms with E-state index < -0.39 is 0 Å². The van der Waals surface area contributed by atoms with Crippen LogP contribution < -0.4 is 14.4 Å². The normalized spacial score (nSPS) is 9.60. The number of hydrogen-bond donors (Lipinski definition) is 0. The number of carbonyl (C=O) groups is 1. The van der Waals surface area contributed by atoms with Gasteiger partial charge in [0.05, 0.1) is 25.5 Å². The van der Waals surface area contributed by atoms with Crippen LogP contribution in [-0.4, -0.2) is 34.6 Å². The van der Waals surface area contributed by atoms with E-state index in [0.717, 1.165) is 12.0 Å². The van der Waals surface area contributed by atoms with Crippen molar-refractivity contribution in [3.63, 3.8) is 0 Å². The number of anilines is 1. The fourth-order valence-corrected chi connectivity index (χ4v) is 1.42. The summed E-state index contributed by atoms with van der Waals surface area (Å²) < 4.78 is 10.4. The van der Waals surface area contributed by atoms with E-state index in [1.165, 1.54) is 7.11 Å². The Morgan fingerprint density at radius 2 is 1.73 bits per heavy atom. The molecule has 0 atom stereocenters. The molecule has 0 spiro atoms. The van der Waals surface area contributed by atoms with E-state index in [1.807, 2.05) is 25.1 Å². The molecular weight excluding hydrogens is 194 g/mol. The second kappa shape index (κ2) is 4.68. The highest BCUT2D eigenvalue weighted by Crippen LogP contribution is 2.38. The molecule has 0 aliphatic rings. The molecule has 0 radical (unpaired) electrons. The van der Waals surface area contributed by atoms with E-state index in [1.54, 1.807) is 13.2 Å². The van der Waals surface area contributed by atoms with Crippen LogP contribution in [0.2, 0.25) is 0 Å². The van der Waals surface area contributed by atoms with Gasteiger partial charge in [0.15, 0.2) is 17.8 Å². The summed E-state index contributed by atoms with van der Waals surface area (Å²) in [6.07, 6.45) is 0.751. The molecule has 0 bridgehead atoms. The molecule has 0 unspecified atom stereocenters. The molecule has 0 aromatic heterocycles. The van der Waals surface area contributed by atoms with Crippen molar-refractivity contribution >= 4 is 12.0 Å². The quantitative estimate of drug-likeness (QED) is 0.706. The molecule has 0 saturated carbocycles. The Morgan fingerprint density at radius 1 is 1.13 bits per heavy atom. The molecule has 1 aromatic carbocycles. The Labute approximate surface area is 89.4 Å². The van der Waals surface area contributed by atoms with Crippen LogP contribution in [-0.2, 0) is 0 Å². The highest BCUT2D eigenvalue weighted by Gasteiger charge is 2.15. The van der Waals surface area contributed by atoms with E-state index in [4.69, 9.17) is 9.47 Å². The molecule has 0 N–H and O–H groups in total. The third-order valence-electron chi connectivity index (χ3n) is 2.14. The monoisotopic (exact) mass is 209 g/mol. The summed E-state index contributed by atoms with van der Waals surface area (Å²) in [6, 6.07) is 3.54. The number of methoxy groups -OCH3 is 2. The Balaban J connectivity index is 3.40. The van der Waals surface area contributed by atoms with Crippen LogP contribution in [0.3, 0.4) is 0 Å². The van der Waals surface area contributed by atoms with Crippen LogP contribution in [0.15, 0.2) is 12.1 Å². The first-order valence-electron chi connectivity index (χ1n) is 4.53. The lowest BCUT2D eigenvalue weighted by atomic mass is 10.1. The molecule has 0 fully saturated rings. The number of carbonyl (C=O) groups excluding carboxylic acids is 1. The van der Waals surface area contributed by atoms with E-state index >= 15 is 0 Å². The molecule has 0 amide bonds. The highest BCUT2D eigenvalue weighted by atomic mass is 16.5. The number of aldehydes is 1. The fourth-order valence-electron chi connectivity index (χ4n) is 1.42. The van der Waals surface area contributed by atoms with Crippen molar-refractivity contribution in [3.05, 3.63) is 17.7 Å². The Morgan fingerprint density at radius 3 is 2.13 bits per heavy atom. The SMILES string of the molecule is COc1c(C=O)ccc(N(C)C)c1OC. The maximum Gasteiger partial charge on any atom is 0.184 e. The number of hydrogen-bond acceptors (Lipinski definition) is 4. The molecule has 82 valence electrons. The van der Waals surface area contributed by atoms with Crippen molar-refractivity contribution < 1.29 is 14.3 Å².